The molecule has 1 aromatic carbocycles. The van der Waals surface area contributed by atoms with Crippen molar-refractivity contribution in [2.24, 2.45) is 0 Å². The number of ether oxygens (including phenoxy) is 1. The van der Waals surface area contributed by atoms with E-state index in [1.54, 1.807) is 0 Å². The first kappa shape index (κ1) is 17.8. The monoisotopic (exact) mass is 367 g/mol. The van der Waals surface area contributed by atoms with Crippen LogP contribution in [0, 0.1) is 13.8 Å². The lowest BCUT2D eigenvalue weighted by Crippen LogP contribution is -2.14. The van der Waals surface area contributed by atoms with E-state index >= 15 is 0 Å². The lowest BCUT2D eigenvalue weighted by molar-refractivity contribution is 0.0600. The Labute approximate surface area is 154 Å². The minimum Gasteiger partial charge on any atom is -0.465 e. The summed E-state index contributed by atoms with van der Waals surface area (Å²) in [5.74, 6) is -0.881. The summed E-state index contributed by atoms with van der Waals surface area (Å²) in [4.78, 5) is 33.3. The molecule has 2 heterocycles. The number of benzene rings is 1. The molecule has 0 saturated heterocycles. The highest BCUT2D eigenvalue weighted by atomic mass is 32.1. The SMILES string of the molecule is COC(=O)c1ccc(C(=O)Nc2nc(-c3ccc(C)cc3)c(C)s2)nc1. The Morgan fingerprint density at radius 3 is 2.42 bits per heavy atom. The number of esters is 1. The van der Waals surface area contributed by atoms with Gasteiger partial charge in [-0.25, -0.2) is 9.78 Å². The molecule has 0 unspecified atom stereocenters. The van der Waals surface area contributed by atoms with Crippen LogP contribution < -0.4 is 5.32 Å². The van der Waals surface area contributed by atoms with Crippen molar-refractivity contribution in [2.75, 3.05) is 12.4 Å². The number of pyridine rings is 1. The van der Waals surface area contributed by atoms with E-state index in [0.717, 1.165) is 16.1 Å². The normalized spacial score (nSPS) is 10.4. The number of carbonyl (C=O) groups is 2. The fraction of sp³-hybridized carbons (Fsp3) is 0.158. The minimum absolute atomic E-state index is 0.197. The molecule has 0 saturated carbocycles. The van der Waals surface area contributed by atoms with Gasteiger partial charge in [-0.2, -0.15) is 0 Å². The first-order chi connectivity index (χ1) is 12.5. The highest BCUT2D eigenvalue weighted by molar-refractivity contribution is 7.16. The third-order valence-corrected chi connectivity index (χ3v) is 4.65. The van der Waals surface area contributed by atoms with Crippen LogP contribution in [0.2, 0.25) is 0 Å². The van der Waals surface area contributed by atoms with Crippen LogP contribution in [0.5, 0.6) is 0 Å². The average Bonchev–Trinajstić information content (AvgIpc) is 3.02. The molecule has 0 fully saturated rings. The van der Waals surface area contributed by atoms with E-state index in [1.807, 2.05) is 38.1 Å². The third kappa shape index (κ3) is 3.78. The Kier molecular flexibility index (Phi) is 5.09. The maximum Gasteiger partial charge on any atom is 0.339 e. The van der Waals surface area contributed by atoms with Gasteiger partial charge in [0.15, 0.2) is 5.13 Å². The zero-order valence-electron chi connectivity index (χ0n) is 14.6. The van der Waals surface area contributed by atoms with Crippen LogP contribution in [0.4, 0.5) is 5.13 Å². The van der Waals surface area contributed by atoms with Gasteiger partial charge < -0.3 is 4.74 Å². The number of aromatic nitrogens is 2. The second kappa shape index (κ2) is 7.45. The summed E-state index contributed by atoms with van der Waals surface area (Å²) in [6, 6.07) is 11.0. The second-order valence-electron chi connectivity index (χ2n) is 5.67. The lowest BCUT2D eigenvalue weighted by atomic mass is 10.1. The molecule has 0 radical (unpaired) electrons. The molecular formula is C19H17N3O3S. The molecule has 1 N–H and O–H groups in total. The van der Waals surface area contributed by atoms with Crippen molar-refractivity contribution in [2.45, 2.75) is 13.8 Å². The standard InChI is InChI=1S/C19H17N3O3S/c1-11-4-6-13(7-5-11)16-12(2)26-19(21-16)22-17(23)15-9-8-14(10-20-15)18(24)25-3/h4-10H,1-3H3,(H,21,22,23). The largest absolute Gasteiger partial charge is 0.465 e. The Morgan fingerprint density at radius 1 is 1.08 bits per heavy atom. The fourth-order valence-corrected chi connectivity index (χ4v) is 3.19. The van der Waals surface area contributed by atoms with Crippen molar-refractivity contribution in [1.29, 1.82) is 0 Å². The molecule has 0 aliphatic carbocycles. The number of amides is 1. The van der Waals surface area contributed by atoms with E-state index in [-0.39, 0.29) is 17.2 Å². The predicted molar refractivity (Wildman–Crippen MR) is 101 cm³/mol. The highest BCUT2D eigenvalue weighted by Gasteiger charge is 2.15. The van der Waals surface area contributed by atoms with Gasteiger partial charge in [-0.05, 0) is 26.0 Å². The molecule has 0 spiro atoms. The number of nitrogens with zero attached hydrogens (tertiary/aromatic N) is 2. The van der Waals surface area contributed by atoms with E-state index in [0.29, 0.717) is 5.13 Å². The van der Waals surface area contributed by atoms with Crippen LogP contribution in [0.1, 0.15) is 31.3 Å². The number of hydrogen-bond donors (Lipinski definition) is 1. The van der Waals surface area contributed by atoms with Crippen LogP contribution >= 0.6 is 11.3 Å². The molecule has 3 rings (SSSR count). The average molecular weight is 367 g/mol. The molecule has 2 aromatic heterocycles. The summed E-state index contributed by atoms with van der Waals surface area (Å²) >= 11 is 1.40. The summed E-state index contributed by atoms with van der Waals surface area (Å²) < 4.78 is 4.61. The second-order valence-corrected chi connectivity index (χ2v) is 6.87. The first-order valence-electron chi connectivity index (χ1n) is 7.88. The van der Waals surface area contributed by atoms with Gasteiger partial charge in [-0.15, -0.1) is 11.3 Å². The summed E-state index contributed by atoms with van der Waals surface area (Å²) in [7, 11) is 1.29. The molecule has 6 nitrogen and oxygen atoms in total. The van der Waals surface area contributed by atoms with Crippen molar-refractivity contribution in [3.05, 3.63) is 64.3 Å². The molecule has 0 aliphatic heterocycles. The van der Waals surface area contributed by atoms with Crippen LogP contribution in [-0.4, -0.2) is 29.0 Å². The molecule has 26 heavy (non-hydrogen) atoms. The molecule has 0 aliphatic rings. The number of thiazole rings is 1. The molecule has 3 aromatic rings. The Hall–Kier alpha value is -3.06. The zero-order valence-corrected chi connectivity index (χ0v) is 15.4. The third-order valence-electron chi connectivity index (χ3n) is 3.76. The van der Waals surface area contributed by atoms with Crippen molar-refractivity contribution in [3.63, 3.8) is 0 Å². The number of aryl methyl sites for hydroxylation is 2. The maximum atomic E-state index is 12.3. The van der Waals surface area contributed by atoms with Crippen LogP contribution in [0.3, 0.4) is 0 Å². The maximum absolute atomic E-state index is 12.3. The van der Waals surface area contributed by atoms with E-state index < -0.39 is 5.97 Å². The van der Waals surface area contributed by atoms with Gasteiger partial charge in [0.05, 0.1) is 18.4 Å². The zero-order chi connectivity index (χ0) is 18.7. The summed E-state index contributed by atoms with van der Waals surface area (Å²) in [5, 5.41) is 3.25. The van der Waals surface area contributed by atoms with Crippen molar-refractivity contribution in [1.82, 2.24) is 9.97 Å². The van der Waals surface area contributed by atoms with Gasteiger partial charge in [-0.3, -0.25) is 15.1 Å². The van der Waals surface area contributed by atoms with Crippen molar-refractivity contribution in [3.8, 4) is 11.3 Å². The van der Waals surface area contributed by atoms with Gasteiger partial charge in [-0.1, -0.05) is 29.8 Å². The van der Waals surface area contributed by atoms with Gasteiger partial charge in [0.25, 0.3) is 5.91 Å². The molecular weight excluding hydrogens is 350 g/mol. The minimum atomic E-state index is -0.497. The number of rotatable bonds is 4. The number of carbonyl (C=O) groups excluding carboxylic acids is 2. The number of hydrogen-bond acceptors (Lipinski definition) is 6. The summed E-state index contributed by atoms with van der Waals surface area (Å²) in [5.41, 5.74) is 3.51. The van der Waals surface area contributed by atoms with Gasteiger partial charge >= 0.3 is 5.97 Å². The van der Waals surface area contributed by atoms with Gasteiger partial charge in [0, 0.05) is 16.6 Å². The Morgan fingerprint density at radius 2 is 1.81 bits per heavy atom. The Balaban J connectivity index is 1.76. The molecule has 7 heteroatoms. The fourth-order valence-electron chi connectivity index (χ4n) is 2.36. The molecule has 0 bridgehead atoms. The van der Waals surface area contributed by atoms with Gasteiger partial charge in [0.1, 0.15) is 5.69 Å². The first-order valence-corrected chi connectivity index (χ1v) is 8.70. The number of nitrogens with one attached hydrogen (secondary N) is 1. The van der Waals surface area contributed by atoms with Crippen molar-refractivity contribution >= 4 is 28.3 Å². The van der Waals surface area contributed by atoms with Crippen molar-refractivity contribution < 1.29 is 14.3 Å². The van der Waals surface area contributed by atoms with Crippen LogP contribution in [0.25, 0.3) is 11.3 Å². The van der Waals surface area contributed by atoms with Gasteiger partial charge in [0.2, 0.25) is 0 Å². The topological polar surface area (TPSA) is 81.2 Å². The van der Waals surface area contributed by atoms with E-state index in [1.165, 1.54) is 42.3 Å². The lowest BCUT2D eigenvalue weighted by Gasteiger charge is -2.02. The van der Waals surface area contributed by atoms with E-state index in [4.69, 9.17) is 0 Å². The highest BCUT2D eigenvalue weighted by Crippen LogP contribution is 2.30. The van der Waals surface area contributed by atoms with Crippen LogP contribution in [-0.2, 0) is 4.74 Å². The summed E-state index contributed by atoms with van der Waals surface area (Å²) in [6.45, 7) is 3.99. The predicted octanol–water partition coefficient (Wildman–Crippen LogP) is 3.86. The smallest absolute Gasteiger partial charge is 0.339 e. The summed E-state index contributed by atoms with van der Waals surface area (Å²) in [6.07, 6.45) is 1.31. The molecule has 132 valence electrons. The molecule has 0 atom stereocenters. The number of methoxy groups -OCH3 is 1. The van der Waals surface area contributed by atoms with E-state index in [9.17, 15) is 9.59 Å². The van der Waals surface area contributed by atoms with Crippen LogP contribution in [0.15, 0.2) is 42.6 Å². The quantitative estimate of drug-likeness (QED) is 0.708. The number of anilines is 1. The van der Waals surface area contributed by atoms with E-state index in [2.05, 4.69) is 20.0 Å². The molecule has 1 amide bonds. The Bertz CT molecular complexity index is 947.